The molecule has 28 heavy (non-hydrogen) atoms. The summed E-state index contributed by atoms with van der Waals surface area (Å²) in [6.07, 6.45) is 6.57. The number of carboxylic acids is 1. The molecular formula is C22H27N3O3. The molecule has 5 aliphatic rings. The SMILES string of the molecule is CN=C1NCC#CC2CC(C)C34CC(O)C(C(=O)O)=C3CC2C42CC=CN1C2. The average Bonchev–Trinajstić information content (AvgIpc) is 3.05. The van der Waals surface area contributed by atoms with E-state index in [2.05, 4.69) is 46.2 Å². The molecule has 0 amide bonds. The number of hydrogen-bond donors (Lipinski definition) is 3. The molecule has 6 atom stereocenters. The molecule has 2 heterocycles. The number of guanidine groups is 1. The monoisotopic (exact) mass is 381 g/mol. The van der Waals surface area contributed by atoms with E-state index in [4.69, 9.17) is 0 Å². The predicted molar refractivity (Wildman–Crippen MR) is 105 cm³/mol. The summed E-state index contributed by atoms with van der Waals surface area (Å²) in [6, 6.07) is 0. The van der Waals surface area contributed by atoms with Gasteiger partial charge in [0, 0.05) is 36.5 Å². The Kier molecular flexibility index (Phi) is 3.73. The molecule has 0 saturated heterocycles. The standard InChI is InChI=1S/C22H27N3O3/c1-13-9-14-5-3-7-24-20(23-2)25-8-4-6-21(12-25)15(14)10-16-18(19(27)28)17(26)11-22(13,16)21/h4,8,13-15,17,26H,6-7,9-12H2,1-2H3,(H,23,24)(H,27,28). The van der Waals surface area contributed by atoms with Crippen LogP contribution in [0.4, 0.5) is 0 Å². The topological polar surface area (TPSA) is 85.2 Å². The molecule has 2 fully saturated rings. The maximum Gasteiger partial charge on any atom is 0.334 e. The quantitative estimate of drug-likeness (QED) is 0.601. The Morgan fingerprint density at radius 3 is 3.04 bits per heavy atom. The molecule has 2 aliphatic heterocycles. The molecule has 148 valence electrons. The lowest BCUT2D eigenvalue weighted by atomic mass is 9.47. The summed E-state index contributed by atoms with van der Waals surface area (Å²) in [5.41, 5.74) is 0.873. The van der Waals surface area contributed by atoms with Crippen LogP contribution >= 0.6 is 0 Å². The molecule has 2 saturated carbocycles. The van der Waals surface area contributed by atoms with E-state index in [0.29, 0.717) is 18.9 Å². The Labute approximate surface area is 165 Å². The zero-order chi connectivity index (χ0) is 19.7. The molecule has 0 aromatic heterocycles. The summed E-state index contributed by atoms with van der Waals surface area (Å²) in [7, 11) is 1.78. The lowest BCUT2D eigenvalue weighted by Crippen LogP contribution is -2.59. The number of nitrogens with one attached hydrogen (secondary N) is 1. The number of rotatable bonds is 1. The number of carbonyl (C=O) groups is 1. The predicted octanol–water partition coefficient (Wildman–Crippen LogP) is 1.59. The van der Waals surface area contributed by atoms with Gasteiger partial charge in [0.25, 0.3) is 0 Å². The number of aliphatic hydroxyl groups is 1. The second kappa shape index (κ2) is 5.87. The second-order valence-electron chi connectivity index (χ2n) is 9.04. The molecule has 5 rings (SSSR count). The van der Waals surface area contributed by atoms with Crippen molar-refractivity contribution < 1.29 is 15.0 Å². The van der Waals surface area contributed by atoms with Crippen molar-refractivity contribution in [3.8, 4) is 11.8 Å². The molecule has 3 aliphatic carbocycles. The van der Waals surface area contributed by atoms with Crippen molar-refractivity contribution in [3.05, 3.63) is 23.4 Å². The Bertz CT molecular complexity index is 894. The molecule has 6 heteroatoms. The highest BCUT2D eigenvalue weighted by Crippen LogP contribution is 2.75. The van der Waals surface area contributed by atoms with Gasteiger partial charge in [-0.2, -0.15) is 0 Å². The van der Waals surface area contributed by atoms with Crippen LogP contribution < -0.4 is 5.32 Å². The summed E-state index contributed by atoms with van der Waals surface area (Å²) in [5.74, 6) is 7.53. The van der Waals surface area contributed by atoms with E-state index in [1.807, 2.05) is 0 Å². The minimum atomic E-state index is -0.957. The highest BCUT2D eigenvalue weighted by molar-refractivity contribution is 5.90. The lowest BCUT2D eigenvalue weighted by molar-refractivity contribution is -0.133. The molecule has 6 unspecified atom stereocenters. The van der Waals surface area contributed by atoms with Crippen LogP contribution in [0.2, 0.25) is 0 Å². The number of allylic oxidation sites excluding steroid dienone is 2. The van der Waals surface area contributed by atoms with Crippen LogP contribution in [0, 0.1) is 40.4 Å². The van der Waals surface area contributed by atoms with Gasteiger partial charge in [-0.1, -0.05) is 24.8 Å². The Hall–Kier alpha value is -2.26. The first kappa shape index (κ1) is 17.8. The van der Waals surface area contributed by atoms with Crippen LogP contribution in [-0.2, 0) is 4.79 Å². The van der Waals surface area contributed by atoms with Crippen molar-refractivity contribution in [1.82, 2.24) is 10.2 Å². The molecule has 5 bridgehead atoms. The fraction of sp³-hybridized carbons (Fsp3) is 0.636. The first-order valence-electron chi connectivity index (χ1n) is 10.2. The fourth-order valence-electron chi connectivity index (χ4n) is 7.37. The van der Waals surface area contributed by atoms with Gasteiger partial charge in [0.2, 0.25) is 0 Å². The first-order chi connectivity index (χ1) is 13.4. The maximum atomic E-state index is 12.1. The third kappa shape index (κ3) is 1.98. The minimum Gasteiger partial charge on any atom is -0.478 e. The normalized spacial score (nSPS) is 44.7. The number of aliphatic imine (C=N–C) groups is 1. The van der Waals surface area contributed by atoms with Gasteiger partial charge in [0.15, 0.2) is 5.96 Å². The van der Waals surface area contributed by atoms with Crippen molar-refractivity contribution in [2.75, 3.05) is 20.1 Å². The highest BCUT2D eigenvalue weighted by Gasteiger charge is 2.72. The number of fused-ring (bicyclic) bond motifs is 1. The second-order valence-corrected chi connectivity index (χ2v) is 9.04. The number of carboxylic acid groups (broad SMARTS) is 1. The summed E-state index contributed by atoms with van der Waals surface area (Å²) in [4.78, 5) is 18.7. The van der Waals surface area contributed by atoms with Crippen LogP contribution in [0.25, 0.3) is 0 Å². The zero-order valence-corrected chi connectivity index (χ0v) is 16.4. The Balaban J connectivity index is 1.76. The van der Waals surface area contributed by atoms with Crippen LogP contribution in [0.15, 0.2) is 28.4 Å². The van der Waals surface area contributed by atoms with Crippen LogP contribution in [0.3, 0.4) is 0 Å². The van der Waals surface area contributed by atoms with Crippen molar-refractivity contribution in [2.24, 2.45) is 33.6 Å². The summed E-state index contributed by atoms with van der Waals surface area (Å²) in [5, 5.41) is 24.0. The van der Waals surface area contributed by atoms with Crippen molar-refractivity contribution in [3.63, 3.8) is 0 Å². The van der Waals surface area contributed by atoms with Crippen LogP contribution in [0.1, 0.15) is 32.6 Å². The van der Waals surface area contributed by atoms with E-state index in [9.17, 15) is 15.0 Å². The summed E-state index contributed by atoms with van der Waals surface area (Å²) in [6.45, 7) is 3.60. The van der Waals surface area contributed by atoms with Gasteiger partial charge in [-0.05, 0) is 43.1 Å². The third-order valence-electron chi connectivity index (χ3n) is 8.23. The zero-order valence-electron chi connectivity index (χ0n) is 16.4. The Morgan fingerprint density at radius 2 is 2.29 bits per heavy atom. The van der Waals surface area contributed by atoms with Gasteiger partial charge in [-0.25, -0.2) is 4.79 Å². The van der Waals surface area contributed by atoms with Crippen molar-refractivity contribution in [2.45, 2.75) is 38.7 Å². The summed E-state index contributed by atoms with van der Waals surface area (Å²) >= 11 is 0. The first-order valence-corrected chi connectivity index (χ1v) is 10.2. The molecule has 0 radical (unpaired) electrons. The van der Waals surface area contributed by atoms with Crippen LogP contribution in [-0.4, -0.2) is 53.3 Å². The van der Waals surface area contributed by atoms with Gasteiger partial charge in [0.1, 0.15) is 0 Å². The van der Waals surface area contributed by atoms with Crippen LogP contribution in [0.5, 0.6) is 0 Å². The van der Waals surface area contributed by atoms with E-state index in [1.165, 1.54) is 0 Å². The van der Waals surface area contributed by atoms with Crippen molar-refractivity contribution >= 4 is 11.9 Å². The third-order valence-corrected chi connectivity index (χ3v) is 8.23. The molecule has 0 aromatic carbocycles. The fourth-order valence-corrected chi connectivity index (χ4v) is 7.37. The maximum absolute atomic E-state index is 12.1. The largest absolute Gasteiger partial charge is 0.478 e. The summed E-state index contributed by atoms with van der Waals surface area (Å²) < 4.78 is 0. The lowest BCUT2D eigenvalue weighted by Gasteiger charge is -2.59. The van der Waals surface area contributed by atoms with Crippen molar-refractivity contribution in [1.29, 1.82) is 0 Å². The number of nitrogens with zero attached hydrogens (tertiary/aromatic N) is 2. The smallest absolute Gasteiger partial charge is 0.334 e. The van der Waals surface area contributed by atoms with E-state index < -0.39 is 12.1 Å². The van der Waals surface area contributed by atoms with Gasteiger partial charge in [-0.3, -0.25) is 4.99 Å². The van der Waals surface area contributed by atoms with E-state index in [1.54, 1.807) is 7.05 Å². The average molecular weight is 381 g/mol. The minimum absolute atomic E-state index is 0.124. The number of aliphatic hydroxyl groups excluding tert-OH is 1. The van der Waals surface area contributed by atoms with E-state index in [-0.39, 0.29) is 28.2 Å². The number of hydrogen-bond acceptors (Lipinski definition) is 3. The van der Waals surface area contributed by atoms with Gasteiger partial charge < -0.3 is 20.4 Å². The van der Waals surface area contributed by atoms with E-state index in [0.717, 1.165) is 37.3 Å². The number of aliphatic carboxylic acids is 1. The molecule has 2 spiro atoms. The molecular weight excluding hydrogens is 354 g/mol. The molecule has 6 nitrogen and oxygen atoms in total. The van der Waals surface area contributed by atoms with Gasteiger partial charge in [0.05, 0.1) is 18.2 Å². The molecule has 0 aromatic rings. The van der Waals surface area contributed by atoms with Gasteiger partial charge in [-0.15, -0.1) is 0 Å². The highest BCUT2D eigenvalue weighted by atomic mass is 16.4. The van der Waals surface area contributed by atoms with Gasteiger partial charge >= 0.3 is 5.97 Å². The Morgan fingerprint density at radius 1 is 1.46 bits per heavy atom. The van der Waals surface area contributed by atoms with E-state index >= 15 is 0 Å². The molecule has 3 N–H and O–H groups in total.